The van der Waals surface area contributed by atoms with E-state index in [1.54, 1.807) is 26.4 Å². The van der Waals surface area contributed by atoms with Gasteiger partial charge in [-0.3, -0.25) is 0 Å². The van der Waals surface area contributed by atoms with Crippen molar-refractivity contribution in [2.75, 3.05) is 25.8 Å². The Labute approximate surface area is 110 Å². The predicted octanol–water partition coefficient (Wildman–Crippen LogP) is 2.01. The summed E-state index contributed by atoms with van der Waals surface area (Å²) in [6.07, 6.45) is 0.588. The number of methoxy groups -OCH3 is 2. The van der Waals surface area contributed by atoms with Crippen molar-refractivity contribution >= 4 is 28.5 Å². The molecule has 0 atom stereocenters. The first-order valence-electron chi connectivity index (χ1n) is 5.43. The molecule has 0 amide bonds. The average molecular weight is 268 g/mol. The topological polar surface area (TPSA) is 70.3 Å². The number of halogens is 1. The Morgan fingerprint density at radius 1 is 1.11 bits per heavy atom. The number of nitrogen functional groups attached to an aromatic ring is 1. The Balaban J connectivity index is 2.62. The number of hydrogen-bond donors (Lipinski definition) is 1. The van der Waals surface area contributed by atoms with E-state index in [9.17, 15) is 0 Å². The van der Waals surface area contributed by atoms with E-state index in [0.717, 1.165) is 0 Å². The smallest absolute Gasteiger partial charge is 0.163 e. The predicted molar refractivity (Wildman–Crippen MR) is 71.5 cm³/mol. The van der Waals surface area contributed by atoms with E-state index in [0.29, 0.717) is 46.3 Å². The molecule has 0 spiro atoms. The van der Waals surface area contributed by atoms with Crippen molar-refractivity contribution in [1.29, 1.82) is 0 Å². The minimum absolute atomic E-state index is 0.398. The molecule has 0 saturated carbocycles. The Morgan fingerprint density at radius 2 is 1.67 bits per heavy atom. The van der Waals surface area contributed by atoms with E-state index in [-0.39, 0.29) is 0 Å². The highest BCUT2D eigenvalue weighted by atomic mass is 35.5. The van der Waals surface area contributed by atoms with E-state index in [1.807, 2.05) is 0 Å². The molecule has 2 rings (SSSR count). The molecule has 5 nitrogen and oxygen atoms in total. The Bertz CT molecular complexity index is 575. The van der Waals surface area contributed by atoms with Crippen LogP contribution in [0.4, 0.5) is 5.82 Å². The fraction of sp³-hybridized carbons (Fsp3) is 0.333. The fourth-order valence-corrected chi connectivity index (χ4v) is 1.89. The Kier molecular flexibility index (Phi) is 3.72. The van der Waals surface area contributed by atoms with Crippen molar-refractivity contribution in [3.63, 3.8) is 0 Å². The normalized spacial score (nSPS) is 10.6. The highest BCUT2D eigenvalue weighted by molar-refractivity contribution is 6.18. The number of aromatic nitrogens is 2. The van der Waals surface area contributed by atoms with E-state index >= 15 is 0 Å². The summed E-state index contributed by atoms with van der Waals surface area (Å²) in [5, 5.41) is 0. The lowest BCUT2D eigenvalue weighted by molar-refractivity contribution is 0.355. The third kappa shape index (κ3) is 2.26. The molecule has 0 radical (unpaired) electrons. The molecular formula is C12H14ClN3O2. The zero-order chi connectivity index (χ0) is 13.1. The molecule has 18 heavy (non-hydrogen) atoms. The number of nitrogens with two attached hydrogens (primary N) is 1. The van der Waals surface area contributed by atoms with Gasteiger partial charge in [0.25, 0.3) is 0 Å². The number of nitrogens with zero attached hydrogens (tertiary/aromatic N) is 2. The van der Waals surface area contributed by atoms with Crippen LogP contribution in [0.2, 0.25) is 0 Å². The van der Waals surface area contributed by atoms with E-state index < -0.39 is 0 Å². The Hall–Kier alpha value is -1.75. The maximum atomic E-state index is 5.83. The summed E-state index contributed by atoms with van der Waals surface area (Å²) >= 11 is 5.70. The molecule has 0 aliphatic carbocycles. The number of ether oxygens (including phenoxy) is 2. The lowest BCUT2D eigenvalue weighted by atomic mass is 10.2. The molecule has 1 aromatic heterocycles. The second kappa shape index (κ2) is 5.27. The van der Waals surface area contributed by atoms with Gasteiger partial charge in [-0.2, -0.15) is 0 Å². The van der Waals surface area contributed by atoms with Gasteiger partial charge >= 0.3 is 0 Å². The summed E-state index contributed by atoms with van der Waals surface area (Å²) in [4.78, 5) is 8.74. The number of hydrogen-bond acceptors (Lipinski definition) is 5. The van der Waals surface area contributed by atoms with Crippen molar-refractivity contribution in [1.82, 2.24) is 9.97 Å². The molecule has 2 aromatic rings. The van der Waals surface area contributed by atoms with Gasteiger partial charge in [0, 0.05) is 24.4 Å². The van der Waals surface area contributed by atoms with Crippen LogP contribution in [-0.2, 0) is 6.42 Å². The lowest BCUT2D eigenvalue weighted by Gasteiger charge is -2.10. The molecule has 0 unspecified atom stereocenters. The van der Waals surface area contributed by atoms with Crippen molar-refractivity contribution in [2.45, 2.75) is 6.42 Å². The summed E-state index contributed by atoms with van der Waals surface area (Å²) in [6, 6.07) is 3.53. The molecule has 1 aromatic carbocycles. The van der Waals surface area contributed by atoms with Crippen LogP contribution >= 0.6 is 11.6 Å². The van der Waals surface area contributed by atoms with Crippen LogP contribution in [0.15, 0.2) is 12.1 Å². The maximum absolute atomic E-state index is 5.83. The van der Waals surface area contributed by atoms with E-state index in [1.165, 1.54) is 0 Å². The molecular weight excluding hydrogens is 254 g/mol. The van der Waals surface area contributed by atoms with Crippen molar-refractivity contribution in [3.05, 3.63) is 17.8 Å². The molecule has 0 bridgehead atoms. The molecule has 0 fully saturated rings. The standard InChI is InChI=1S/C12H14ClN3O2/c1-17-10-5-8-9(6-11(10)18-2)16-12(14)7(15-8)3-4-13/h5-6H,3-4H2,1-2H3,(H2,14,16). The summed E-state index contributed by atoms with van der Waals surface area (Å²) in [6.45, 7) is 0. The SMILES string of the molecule is COc1cc2nc(N)c(CCCl)nc2cc1OC. The fourth-order valence-electron chi connectivity index (χ4n) is 1.71. The van der Waals surface area contributed by atoms with Gasteiger partial charge in [-0.15, -0.1) is 11.6 Å². The van der Waals surface area contributed by atoms with Crippen LogP contribution in [-0.4, -0.2) is 30.1 Å². The number of benzene rings is 1. The van der Waals surface area contributed by atoms with Crippen LogP contribution < -0.4 is 15.2 Å². The van der Waals surface area contributed by atoms with E-state index in [2.05, 4.69) is 9.97 Å². The zero-order valence-corrected chi connectivity index (χ0v) is 11.0. The van der Waals surface area contributed by atoms with Gasteiger partial charge < -0.3 is 15.2 Å². The van der Waals surface area contributed by atoms with Gasteiger partial charge in [0.15, 0.2) is 11.5 Å². The molecule has 0 aliphatic heterocycles. The minimum Gasteiger partial charge on any atom is -0.493 e. The van der Waals surface area contributed by atoms with Crippen LogP contribution in [0, 0.1) is 0 Å². The second-order valence-corrected chi connectivity index (χ2v) is 4.07. The number of aryl methyl sites for hydroxylation is 1. The lowest BCUT2D eigenvalue weighted by Crippen LogP contribution is -2.03. The van der Waals surface area contributed by atoms with Gasteiger partial charge in [0.1, 0.15) is 5.82 Å². The van der Waals surface area contributed by atoms with Gasteiger partial charge in [-0.1, -0.05) is 0 Å². The minimum atomic E-state index is 0.398. The van der Waals surface area contributed by atoms with Crippen LogP contribution in [0.1, 0.15) is 5.69 Å². The first-order chi connectivity index (χ1) is 8.69. The number of fused-ring (bicyclic) bond motifs is 1. The first kappa shape index (κ1) is 12.7. The van der Waals surface area contributed by atoms with Crippen LogP contribution in [0.3, 0.4) is 0 Å². The van der Waals surface area contributed by atoms with Gasteiger partial charge in [-0.25, -0.2) is 9.97 Å². The van der Waals surface area contributed by atoms with Crippen molar-refractivity contribution in [2.24, 2.45) is 0 Å². The quantitative estimate of drug-likeness (QED) is 0.858. The summed E-state index contributed by atoms with van der Waals surface area (Å²) in [7, 11) is 3.15. The number of rotatable bonds is 4. The van der Waals surface area contributed by atoms with Crippen molar-refractivity contribution < 1.29 is 9.47 Å². The first-order valence-corrected chi connectivity index (χ1v) is 5.97. The molecule has 96 valence electrons. The number of alkyl halides is 1. The third-order valence-corrected chi connectivity index (χ3v) is 2.79. The highest BCUT2D eigenvalue weighted by Gasteiger charge is 2.10. The molecule has 0 aliphatic rings. The highest BCUT2D eigenvalue weighted by Crippen LogP contribution is 2.31. The largest absolute Gasteiger partial charge is 0.493 e. The van der Waals surface area contributed by atoms with Crippen molar-refractivity contribution in [3.8, 4) is 11.5 Å². The van der Waals surface area contributed by atoms with Gasteiger partial charge in [0.05, 0.1) is 30.9 Å². The molecule has 2 N–H and O–H groups in total. The molecule has 0 saturated heterocycles. The van der Waals surface area contributed by atoms with E-state index in [4.69, 9.17) is 26.8 Å². The summed E-state index contributed by atoms with van der Waals surface area (Å²) < 4.78 is 10.4. The van der Waals surface area contributed by atoms with Crippen LogP contribution in [0.25, 0.3) is 11.0 Å². The zero-order valence-electron chi connectivity index (χ0n) is 10.2. The monoisotopic (exact) mass is 267 g/mol. The van der Waals surface area contributed by atoms with Gasteiger partial charge in [0.2, 0.25) is 0 Å². The summed E-state index contributed by atoms with van der Waals surface area (Å²) in [5.41, 5.74) is 7.91. The molecule has 1 heterocycles. The average Bonchev–Trinajstić information content (AvgIpc) is 2.38. The molecule has 6 heteroatoms. The Morgan fingerprint density at radius 3 is 2.17 bits per heavy atom. The second-order valence-electron chi connectivity index (χ2n) is 3.69. The van der Waals surface area contributed by atoms with Gasteiger partial charge in [-0.05, 0) is 0 Å². The number of anilines is 1. The summed E-state index contributed by atoms with van der Waals surface area (Å²) in [5.74, 6) is 2.07. The van der Waals surface area contributed by atoms with Crippen LogP contribution in [0.5, 0.6) is 11.5 Å². The maximum Gasteiger partial charge on any atom is 0.163 e. The third-order valence-electron chi connectivity index (χ3n) is 2.60.